The van der Waals surface area contributed by atoms with E-state index in [9.17, 15) is 4.79 Å². The minimum Gasteiger partial charge on any atom is -0.490 e. The van der Waals surface area contributed by atoms with Crippen LogP contribution in [0.2, 0.25) is 0 Å². The zero-order chi connectivity index (χ0) is 14.7. The van der Waals surface area contributed by atoms with Gasteiger partial charge in [0.1, 0.15) is 12.4 Å². The third-order valence-electron chi connectivity index (χ3n) is 3.23. The summed E-state index contributed by atoms with van der Waals surface area (Å²) in [6.45, 7) is 6.01. The molecule has 109 valence electrons. The quantitative estimate of drug-likeness (QED) is 0.546. The number of hydrogen-bond donors (Lipinski definition) is 0. The predicted octanol–water partition coefficient (Wildman–Crippen LogP) is 3.65. The van der Waals surface area contributed by atoms with E-state index < -0.39 is 0 Å². The standard InChI is InChI=1S/C16H17BrNO2.Y/c1-4-9-20-12-6-7-13(14(17)10-12)15-8-5-11(2)16(19)18(15)3;/h4,6-7,10-11H,1,5,9H2,2-3H3;/q-1;. The van der Waals surface area contributed by atoms with Gasteiger partial charge < -0.3 is 9.64 Å². The first-order valence-electron chi connectivity index (χ1n) is 6.46. The fraction of sp³-hybridized carbons (Fsp3) is 0.312. The molecule has 0 bridgehead atoms. The van der Waals surface area contributed by atoms with Gasteiger partial charge in [-0.15, -0.1) is 17.3 Å². The van der Waals surface area contributed by atoms with Crippen LogP contribution >= 0.6 is 15.9 Å². The van der Waals surface area contributed by atoms with Gasteiger partial charge in [-0.05, 0) is 12.1 Å². The van der Waals surface area contributed by atoms with Crippen LogP contribution in [0.4, 0.5) is 0 Å². The van der Waals surface area contributed by atoms with Crippen molar-refractivity contribution in [2.45, 2.75) is 13.3 Å². The number of hydrogen-bond acceptors (Lipinski definition) is 2. The Kier molecular flexibility index (Phi) is 7.31. The maximum atomic E-state index is 12.0. The first kappa shape index (κ1) is 18.6. The summed E-state index contributed by atoms with van der Waals surface area (Å²) in [5, 5.41) is 0. The molecular weight excluding hydrogens is 407 g/mol. The Bertz CT molecular complexity index is 571. The number of ether oxygens (including phenoxy) is 1. The van der Waals surface area contributed by atoms with Crippen LogP contribution in [0.3, 0.4) is 0 Å². The van der Waals surface area contributed by atoms with Gasteiger partial charge >= 0.3 is 0 Å². The minimum atomic E-state index is -0.00211. The molecule has 1 radical (unpaired) electrons. The molecule has 0 aromatic heterocycles. The number of benzene rings is 1. The van der Waals surface area contributed by atoms with Gasteiger partial charge in [0.15, 0.2) is 0 Å². The second-order valence-corrected chi connectivity index (χ2v) is 5.62. The fourth-order valence-electron chi connectivity index (χ4n) is 2.11. The number of nitrogens with zero attached hydrogens (tertiary/aromatic N) is 1. The Morgan fingerprint density at radius 1 is 1.57 bits per heavy atom. The molecule has 0 fully saturated rings. The largest absolute Gasteiger partial charge is 0.490 e. The van der Waals surface area contributed by atoms with Gasteiger partial charge in [0.2, 0.25) is 5.91 Å². The predicted molar refractivity (Wildman–Crippen MR) is 83.0 cm³/mol. The SMILES string of the molecule is C=CCOc1ccc(C2=[C-]CC(C)C(=O)N2C)c(Br)c1.[Y]. The molecule has 0 saturated carbocycles. The molecule has 0 N–H and O–H groups in total. The van der Waals surface area contributed by atoms with E-state index in [1.54, 1.807) is 18.0 Å². The molecule has 21 heavy (non-hydrogen) atoms. The molecule has 0 aliphatic carbocycles. The molecule has 5 heteroatoms. The molecule has 2 rings (SSSR count). The van der Waals surface area contributed by atoms with Crippen molar-refractivity contribution in [2.24, 2.45) is 5.92 Å². The van der Waals surface area contributed by atoms with Gasteiger partial charge in [-0.25, -0.2) is 6.08 Å². The maximum absolute atomic E-state index is 12.0. The van der Waals surface area contributed by atoms with Gasteiger partial charge in [-0.3, -0.25) is 4.79 Å². The van der Waals surface area contributed by atoms with Gasteiger partial charge in [-0.1, -0.05) is 46.4 Å². The molecule has 1 amide bonds. The number of allylic oxidation sites excluding steroid dienone is 1. The summed E-state index contributed by atoms with van der Waals surface area (Å²) in [5.74, 6) is 0.884. The summed E-state index contributed by atoms with van der Waals surface area (Å²) in [6, 6.07) is 5.71. The molecule has 0 spiro atoms. The third kappa shape index (κ3) is 4.27. The Labute approximate surface area is 159 Å². The first-order valence-corrected chi connectivity index (χ1v) is 7.26. The van der Waals surface area contributed by atoms with Crippen molar-refractivity contribution >= 4 is 27.5 Å². The van der Waals surface area contributed by atoms with Crippen molar-refractivity contribution in [1.82, 2.24) is 4.90 Å². The number of carbonyl (C=O) groups is 1. The number of halogens is 1. The summed E-state index contributed by atoms with van der Waals surface area (Å²) in [4.78, 5) is 13.7. The van der Waals surface area contributed by atoms with E-state index in [-0.39, 0.29) is 44.5 Å². The Hall–Kier alpha value is -0.446. The van der Waals surface area contributed by atoms with E-state index in [2.05, 4.69) is 28.6 Å². The fourth-order valence-corrected chi connectivity index (χ4v) is 2.65. The van der Waals surface area contributed by atoms with Crippen LogP contribution in [0.15, 0.2) is 35.3 Å². The molecule has 3 nitrogen and oxygen atoms in total. The molecule has 1 aliphatic heterocycles. The first-order chi connectivity index (χ1) is 9.54. The van der Waals surface area contributed by atoms with E-state index in [4.69, 9.17) is 4.74 Å². The average molecular weight is 424 g/mol. The van der Waals surface area contributed by atoms with E-state index in [1.165, 1.54) is 0 Å². The van der Waals surface area contributed by atoms with Crippen molar-refractivity contribution in [2.75, 3.05) is 13.7 Å². The smallest absolute Gasteiger partial charge is 0.225 e. The Balaban J connectivity index is 0.00000220. The van der Waals surface area contributed by atoms with Crippen LogP contribution in [0, 0.1) is 12.0 Å². The van der Waals surface area contributed by atoms with Crippen molar-refractivity contribution in [1.29, 1.82) is 0 Å². The van der Waals surface area contributed by atoms with Gasteiger partial charge in [-0.2, -0.15) is 0 Å². The second kappa shape index (κ2) is 8.26. The topological polar surface area (TPSA) is 29.5 Å². The van der Waals surface area contributed by atoms with Crippen molar-refractivity contribution < 1.29 is 42.2 Å². The molecule has 1 unspecified atom stereocenters. The summed E-state index contributed by atoms with van der Waals surface area (Å²) in [7, 11) is 1.79. The average Bonchev–Trinajstić information content (AvgIpc) is 2.44. The molecule has 1 heterocycles. The van der Waals surface area contributed by atoms with E-state index in [0.29, 0.717) is 13.0 Å². The normalized spacial score (nSPS) is 17.9. The van der Waals surface area contributed by atoms with Crippen molar-refractivity contribution in [3.63, 3.8) is 0 Å². The van der Waals surface area contributed by atoms with Gasteiger partial charge in [0.25, 0.3) is 0 Å². The molecule has 1 aromatic carbocycles. The van der Waals surface area contributed by atoms with E-state index in [1.807, 2.05) is 25.1 Å². The van der Waals surface area contributed by atoms with Crippen LogP contribution in [0.25, 0.3) is 5.70 Å². The molecule has 1 aromatic rings. The van der Waals surface area contributed by atoms with Crippen LogP contribution in [0.1, 0.15) is 18.9 Å². The van der Waals surface area contributed by atoms with Gasteiger partial charge in [0.05, 0.1) is 0 Å². The van der Waals surface area contributed by atoms with Crippen LogP contribution < -0.4 is 4.74 Å². The van der Waals surface area contributed by atoms with Gasteiger partial charge in [0, 0.05) is 45.7 Å². The van der Waals surface area contributed by atoms with E-state index >= 15 is 0 Å². The maximum Gasteiger partial charge on any atom is 0.225 e. The third-order valence-corrected chi connectivity index (χ3v) is 3.88. The van der Waals surface area contributed by atoms with Crippen molar-refractivity contribution in [3.8, 4) is 5.75 Å². The molecule has 1 aliphatic rings. The van der Waals surface area contributed by atoms with E-state index in [0.717, 1.165) is 21.5 Å². The molecular formula is C16H17BrNO2Y-. The zero-order valence-corrected chi connectivity index (χ0v) is 16.7. The minimum absolute atomic E-state index is 0. The summed E-state index contributed by atoms with van der Waals surface area (Å²) >= 11 is 3.53. The van der Waals surface area contributed by atoms with Crippen LogP contribution in [0.5, 0.6) is 5.75 Å². The van der Waals surface area contributed by atoms with Crippen molar-refractivity contribution in [3.05, 3.63) is 47.0 Å². The summed E-state index contributed by atoms with van der Waals surface area (Å²) < 4.78 is 6.37. The van der Waals surface area contributed by atoms with Crippen LogP contribution in [-0.4, -0.2) is 24.5 Å². The second-order valence-electron chi connectivity index (χ2n) is 4.77. The number of carbonyl (C=O) groups excluding carboxylic acids is 1. The number of amides is 1. The summed E-state index contributed by atoms with van der Waals surface area (Å²) in [6.07, 6.45) is 5.66. The Morgan fingerprint density at radius 2 is 2.29 bits per heavy atom. The molecule has 1 atom stereocenters. The zero-order valence-electron chi connectivity index (χ0n) is 12.2. The molecule has 0 saturated heterocycles. The van der Waals surface area contributed by atoms with Crippen LogP contribution in [-0.2, 0) is 37.5 Å². The monoisotopic (exact) mass is 423 g/mol. The summed E-state index contributed by atoms with van der Waals surface area (Å²) in [5.41, 5.74) is 1.76. The Morgan fingerprint density at radius 3 is 2.90 bits per heavy atom. The number of rotatable bonds is 4.